The van der Waals surface area contributed by atoms with Gasteiger partial charge in [-0.25, -0.2) is 4.39 Å². The fourth-order valence-electron chi connectivity index (χ4n) is 1.78. The van der Waals surface area contributed by atoms with Crippen molar-refractivity contribution in [2.24, 2.45) is 5.73 Å². The minimum Gasteiger partial charge on any atom is -0.484 e. The van der Waals surface area contributed by atoms with Crippen LogP contribution in [0, 0.1) is 17.1 Å². The number of nitrogens with two attached hydrogens (primary N) is 1. The number of nitrogens with zero attached hydrogens (tertiary/aromatic N) is 1. The summed E-state index contributed by atoms with van der Waals surface area (Å²) in [4.78, 5) is 0. The van der Waals surface area contributed by atoms with E-state index in [0.717, 1.165) is 10.0 Å². The van der Waals surface area contributed by atoms with Crippen molar-refractivity contribution >= 4 is 15.9 Å². The lowest BCUT2D eigenvalue weighted by molar-refractivity contribution is 0.213. The summed E-state index contributed by atoms with van der Waals surface area (Å²) in [5.74, 6) is -0.257. The van der Waals surface area contributed by atoms with Crippen molar-refractivity contribution in [2.45, 2.75) is 6.10 Å². The van der Waals surface area contributed by atoms with Gasteiger partial charge in [0, 0.05) is 17.1 Å². The molecule has 2 rings (SSSR count). The highest BCUT2D eigenvalue weighted by Crippen LogP contribution is 2.25. The molecule has 5 heteroatoms. The third-order valence-corrected chi connectivity index (χ3v) is 3.27. The van der Waals surface area contributed by atoms with Gasteiger partial charge in [0.15, 0.2) is 0 Å². The van der Waals surface area contributed by atoms with Gasteiger partial charge in [-0.1, -0.05) is 28.1 Å². The smallest absolute Gasteiger partial charge is 0.144 e. The summed E-state index contributed by atoms with van der Waals surface area (Å²) in [5, 5.41) is 8.69. The second-order valence-corrected chi connectivity index (χ2v) is 5.07. The molecule has 0 heterocycles. The first-order chi connectivity index (χ1) is 9.63. The number of benzene rings is 2. The molecule has 0 spiro atoms. The van der Waals surface area contributed by atoms with Crippen molar-refractivity contribution in [3.63, 3.8) is 0 Å². The monoisotopic (exact) mass is 334 g/mol. The summed E-state index contributed by atoms with van der Waals surface area (Å²) in [6.45, 7) is 0.262. The Morgan fingerprint density at radius 1 is 1.30 bits per heavy atom. The molecule has 20 heavy (non-hydrogen) atoms. The molecule has 0 aliphatic rings. The van der Waals surface area contributed by atoms with Gasteiger partial charge >= 0.3 is 0 Å². The van der Waals surface area contributed by atoms with Crippen molar-refractivity contribution in [1.29, 1.82) is 5.26 Å². The number of halogens is 2. The maximum atomic E-state index is 13.5. The first-order valence-corrected chi connectivity index (χ1v) is 6.75. The molecule has 1 unspecified atom stereocenters. The van der Waals surface area contributed by atoms with Gasteiger partial charge in [-0.3, -0.25) is 0 Å². The van der Waals surface area contributed by atoms with Crippen LogP contribution in [0.2, 0.25) is 0 Å². The summed E-state index contributed by atoms with van der Waals surface area (Å²) in [7, 11) is 0. The van der Waals surface area contributed by atoms with Crippen molar-refractivity contribution in [3.05, 3.63) is 63.9 Å². The Morgan fingerprint density at radius 3 is 2.70 bits per heavy atom. The summed E-state index contributed by atoms with van der Waals surface area (Å²) < 4.78 is 20.1. The average molecular weight is 335 g/mol. The van der Waals surface area contributed by atoms with Crippen LogP contribution < -0.4 is 10.5 Å². The zero-order valence-corrected chi connectivity index (χ0v) is 12.1. The van der Waals surface area contributed by atoms with E-state index in [2.05, 4.69) is 15.9 Å². The van der Waals surface area contributed by atoms with Crippen molar-refractivity contribution in [1.82, 2.24) is 0 Å². The molecule has 2 aromatic rings. The van der Waals surface area contributed by atoms with Crippen molar-refractivity contribution in [2.75, 3.05) is 6.54 Å². The second kappa shape index (κ2) is 6.51. The minimum atomic E-state index is -0.602. The topological polar surface area (TPSA) is 59.0 Å². The van der Waals surface area contributed by atoms with Gasteiger partial charge in [-0.15, -0.1) is 0 Å². The molecule has 0 aliphatic carbocycles. The normalized spacial score (nSPS) is 11.7. The number of nitriles is 1. The Kier molecular flexibility index (Phi) is 4.72. The van der Waals surface area contributed by atoms with Crippen LogP contribution in [0.3, 0.4) is 0 Å². The summed E-state index contributed by atoms with van der Waals surface area (Å²) in [5.41, 5.74) is 6.60. The molecule has 0 fully saturated rings. The predicted molar refractivity (Wildman–Crippen MR) is 77.7 cm³/mol. The van der Waals surface area contributed by atoms with E-state index in [4.69, 9.17) is 15.7 Å². The van der Waals surface area contributed by atoms with E-state index in [0.29, 0.717) is 5.75 Å². The average Bonchev–Trinajstić information content (AvgIpc) is 2.45. The Bertz CT molecular complexity index is 655. The van der Waals surface area contributed by atoms with Crippen LogP contribution in [-0.4, -0.2) is 6.54 Å². The third-order valence-electron chi connectivity index (χ3n) is 2.77. The van der Waals surface area contributed by atoms with Gasteiger partial charge in [0.05, 0.1) is 5.56 Å². The molecule has 2 N–H and O–H groups in total. The van der Waals surface area contributed by atoms with Gasteiger partial charge in [0.1, 0.15) is 23.7 Å². The van der Waals surface area contributed by atoms with Gasteiger partial charge in [0.2, 0.25) is 0 Å². The molecule has 1 atom stereocenters. The van der Waals surface area contributed by atoms with E-state index >= 15 is 0 Å². The second-order valence-electron chi connectivity index (χ2n) is 4.15. The molecule has 3 nitrogen and oxygen atoms in total. The van der Waals surface area contributed by atoms with Crippen molar-refractivity contribution in [3.8, 4) is 11.8 Å². The van der Waals surface area contributed by atoms with E-state index in [1.54, 1.807) is 12.1 Å². The Morgan fingerprint density at radius 2 is 2.10 bits per heavy atom. The molecule has 0 aliphatic heterocycles. The van der Waals surface area contributed by atoms with Gasteiger partial charge in [-0.2, -0.15) is 5.26 Å². The molecule has 0 bridgehead atoms. The quantitative estimate of drug-likeness (QED) is 0.930. The molecule has 0 amide bonds. The maximum Gasteiger partial charge on any atom is 0.144 e. The largest absolute Gasteiger partial charge is 0.484 e. The maximum absolute atomic E-state index is 13.5. The highest BCUT2D eigenvalue weighted by atomic mass is 79.9. The van der Waals surface area contributed by atoms with Crippen LogP contribution in [0.15, 0.2) is 46.9 Å². The molecule has 0 saturated carbocycles. The third kappa shape index (κ3) is 3.35. The minimum absolute atomic E-state index is 0.0101. The molecule has 0 radical (unpaired) electrons. The standard InChI is InChI=1S/C15H12BrFN2O/c16-12-3-1-2-10(6-12)15(9-19)20-13-5-4-11(8-18)14(17)7-13/h1-7,15H,9,19H2. The number of hydrogen-bond donors (Lipinski definition) is 1. The molecule has 0 saturated heterocycles. The Balaban J connectivity index is 2.23. The van der Waals surface area contributed by atoms with Crippen LogP contribution >= 0.6 is 15.9 Å². The summed E-state index contributed by atoms with van der Waals surface area (Å²) >= 11 is 3.38. The summed E-state index contributed by atoms with van der Waals surface area (Å²) in [6.07, 6.45) is -0.375. The van der Waals surface area contributed by atoms with Crippen LogP contribution in [0.1, 0.15) is 17.2 Å². The van der Waals surface area contributed by atoms with E-state index in [1.165, 1.54) is 12.1 Å². The molecular formula is C15H12BrFN2O. The van der Waals surface area contributed by atoms with E-state index in [9.17, 15) is 4.39 Å². The van der Waals surface area contributed by atoms with Gasteiger partial charge < -0.3 is 10.5 Å². The first kappa shape index (κ1) is 14.5. The van der Waals surface area contributed by atoms with Crippen LogP contribution in [0.4, 0.5) is 4.39 Å². The lowest BCUT2D eigenvalue weighted by Crippen LogP contribution is -2.18. The van der Waals surface area contributed by atoms with Crippen molar-refractivity contribution < 1.29 is 9.13 Å². The zero-order valence-electron chi connectivity index (χ0n) is 10.5. The highest BCUT2D eigenvalue weighted by molar-refractivity contribution is 9.10. The first-order valence-electron chi connectivity index (χ1n) is 5.96. The lowest BCUT2D eigenvalue weighted by Gasteiger charge is -2.18. The molecule has 2 aromatic carbocycles. The Hall–Kier alpha value is -1.90. The number of ether oxygens (including phenoxy) is 1. The SMILES string of the molecule is N#Cc1ccc(OC(CN)c2cccc(Br)c2)cc1F. The Labute approximate surface area is 124 Å². The van der Waals surface area contributed by atoms with Crippen LogP contribution in [0.25, 0.3) is 0 Å². The van der Waals surface area contributed by atoms with E-state index < -0.39 is 5.82 Å². The summed E-state index contributed by atoms with van der Waals surface area (Å²) in [6, 6.07) is 13.5. The zero-order chi connectivity index (χ0) is 14.5. The molecule has 102 valence electrons. The van der Waals surface area contributed by atoms with Gasteiger partial charge in [0.25, 0.3) is 0 Å². The highest BCUT2D eigenvalue weighted by Gasteiger charge is 2.13. The van der Waals surface area contributed by atoms with E-state index in [-0.39, 0.29) is 18.2 Å². The van der Waals surface area contributed by atoms with E-state index in [1.807, 2.05) is 24.3 Å². The number of rotatable bonds is 4. The fourth-order valence-corrected chi connectivity index (χ4v) is 2.20. The van der Waals surface area contributed by atoms with Crippen LogP contribution in [0.5, 0.6) is 5.75 Å². The van der Waals surface area contributed by atoms with Gasteiger partial charge in [-0.05, 0) is 29.8 Å². The fraction of sp³-hybridized carbons (Fsp3) is 0.133. The lowest BCUT2D eigenvalue weighted by atomic mass is 10.1. The predicted octanol–water partition coefficient (Wildman–Crippen LogP) is 3.54. The van der Waals surface area contributed by atoms with Crippen LogP contribution in [-0.2, 0) is 0 Å². The number of hydrogen-bond acceptors (Lipinski definition) is 3. The molecule has 0 aromatic heterocycles. The molecular weight excluding hydrogens is 323 g/mol.